The minimum atomic E-state index is -0.759. The van der Waals surface area contributed by atoms with Gasteiger partial charge in [0.05, 0.1) is 17.6 Å². The zero-order valence-electron chi connectivity index (χ0n) is 19.8. The van der Waals surface area contributed by atoms with Gasteiger partial charge in [-0.1, -0.05) is 41.9 Å². The highest BCUT2D eigenvalue weighted by atomic mass is 35.5. The number of halogens is 1. The SMILES string of the molecule is Cc1cc(OC[C@H](O)Cn2c([C@@H]3CC(=O)N(c4ccccc4)C3)nc3ccccc32)cc(C)c1Cl. The molecule has 1 saturated heterocycles. The van der Waals surface area contributed by atoms with Crippen LogP contribution in [-0.4, -0.2) is 39.8 Å². The zero-order valence-corrected chi connectivity index (χ0v) is 20.6. The van der Waals surface area contributed by atoms with Crippen LogP contribution in [-0.2, 0) is 11.3 Å². The van der Waals surface area contributed by atoms with Crippen molar-refractivity contribution in [3.63, 3.8) is 0 Å². The Bertz CT molecular complexity index is 1350. The fraction of sp³-hybridized carbons (Fsp3) is 0.286. The molecule has 7 heteroatoms. The Kier molecular flexibility index (Phi) is 6.50. The zero-order chi connectivity index (χ0) is 24.5. The fourth-order valence-electron chi connectivity index (χ4n) is 4.78. The third kappa shape index (κ3) is 4.77. The number of nitrogens with zero attached hydrogens (tertiary/aromatic N) is 3. The van der Waals surface area contributed by atoms with Gasteiger partial charge in [-0.25, -0.2) is 4.98 Å². The maximum atomic E-state index is 12.9. The number of aliphatic hydroxyl groups excluding tert-OH is 1. The van der Waals surface area contributed by atoms with E-state index in [-0.39, 0.29) is 18.4 Å². The van der Waals surface area contributed by atoms with Crippen LogP contribution in [0.4, 0.5) is 5.69 Å². The van der Waals surface area contributed by atoms with Gasteiger partial charge in [0, 0.05) is 29.6 Å². The molecule has 0 radical (unpaired) electrons. The highest BCUT2D eigenvalue weighted by molar-refractivity contribution is 6.32. The summed E-state index contributed by atoms with van der Waals surface area (Å²) in [6.45, 7) is 4.88. The monoisotopic (exact) mass is 489 g/mol. The number of aryl methyl sites for hydroxylation is 2. The molecule has 0 aliphatic carbocycles. The Balaban J connectivity index is 1.37. The lowest BCUT2D eigenvalue weighted by molar-refractivity contribution is -0.117. The smallest absolute Gasteiger partial charge is 0.227 e. The summed E-state index contributed by atoms with van der Waals surface area (Å²) >= 11 is 6.26. The normalized spacial score (nSPS) is 16.7. The second-order valence-electron chi connectivity index (χ2n) is 9.15. The Hall–Kier alpha value is -3.35. The van der Waals surface area contributed by atoms with E-state index in [0.717, 1.165) is 38.7 Å². The molecule has 5 rings (SSSR count). The standard InChI is InChI=1S/C28H28ClN3O3/c1-18-12-23(13-19(2)27(18)29)35-17-22(33)16-32-25-11-7-6-10-24(25)30-28(32)20-14-26(34)31(15-20)21-8-4-3-5-9-21/h3-13,20,22,33H,14-17H2,1-2H3/t20-,22-/m1/s1. The molecule has 3 aromatic carbocycles. The van der Waals surface area contributed by atoms with Gasteiger partial charge in [-0.15, -0.1) is 0 Å². The molecule has 180 valence electrons. The highest BCUT2D eigenvalue weighted by Crippen LogP contribution is 2.33. The van der Waals surface area contributed by atoms with Gasteiger partial charge >= 0.3 is 0 Å². The van der Waals surface area contributed by atoms with Crippen molar-refractivity contribution in [3.8, 4) is 5.75 Å². The molecular formula is C28H28ClN3O3. The number of hydrogen-bond donors (Lipinski definition) is 1. The number of aromatic nitrogens is 2. The molecule has 2 heterocycles. The Labute approximate surface area is 209 Å². The van der Waals surface area contributed by atoms with Gasteiger partial charge in [-0.05, 0) is 61.4 Å². The number of rotatable bonds is 7. The lowest BCUT2D eigenvalue weighted by Gasteiger charge is -2.19. The molecule has 0 spiro atoms. The molecule has 0 unspecified atom stereocenters. The van der Waals surface area contributed by atoms with Crippen LogP contribution < -0.4 is 9.64 Å². The molecule has 1 aliphatic rings. The lowest BCUT2D eigenvalue weighted by atomic mass is 10.1. The van der Waals surface area contributed by atoms with Gasteiger partial charge in [0.2, 0.25) is 5.91 Å². The van der Waals surface area contributed by atoms with E-state index in [0.29, 0.717) is 25.3 Å². The summed E-state index contributed by atoms with van der Waals surface area (Å²) in [5, 5.41) is 11.6. The van der Waals surface area contributed by atoms with Crippen LogP contribution in [0.5, 0.6) is 5.75 Å². The lowest BCUT2D eigenvalue weighted by Crippen LogP contribution is -2.26. The van der Waals surface area contributed by atoms with Crippen molar-refractivity contribution in [3.05, 3.63) is 88.7 Å². The number of carbonyl (C=O) groups is 1. The van der Waals surface area contributed by atoms with Crippen LogP contribution in [0.2, 0.25) is 5.02 Å². The van der Waals surface area contributed by atoms with E-state index in [4.69, 9.17) is 21.3 Å². The summed E-state index contributed by atoms with van der Waals surface area (Å²) in [4.78, 5) is 19.6. The van der Waals surface area contributed by atoms with Crippen LogP contribution in [0.25, 0.3) is 11.0 Å². The van der Waals surface area contributed by atoms with Crippen LogP contribution >= 0.6 is 11.6 Å². The molecule has 0 bridgehead atoms. The van der Waals surface area contributed by atoms with Gasteiger partial charge in [0.25, 0.3) is 0 Å². The number of amides is 1. The van der Waals surface area contributed by atoms with Crippen molar-refractivity contribution < 1.29 is 14.6 Å². The molecule has 6 nitrogen and oxygen atoms in total. The Morgan fingerprint density at radius 2 is 1.77 bits per heavy atom. The fourth-order valence-corrected chi connectivity index (χ4v) is 4.89. The molecule has 4 aromatic rings. The van der Waals surface area contributed by atoms with Crippen LogP contribution in [0, 0.1) is 13.8 Å². The molecule has 1 fully saturated rings. The number of anilines is 1. The molecule has 1 amide bonds. The van der Waals surface area contributed by atoms with Gasteiger partial charge in [0.1, 0.15) is 24.3 Å². The van der Waals surface area contributed by atoms with Crippen LogP contribution in [0.15, 0.2) is 66.7 Å². The summed E-state index contributed by atoms with van der Waals surface area (Å²) in [7, 11) is 0. The Morgan fingerprint density at radius 1 is 1.09 bits per heavy atom. The number of ether oxygens (including phenoxy) is 1. The number of aliphatic hydroxyl groups is 1. The van der Waals surface area contributed by atoms with Crippen molar-refractivity contribution in [2.75, 3.05) is 18.1 Å². The largest absolute Gasteiger partial charge is 0.491 e. The number of carbonyl (C=O) groups excluding carboxylic acids is 1. The molecule has 1 N–H and O–H groups in total. The second kappa shape index (κ2) is 9.72. The van der Waals surface area contributed by atoms with E-state index in [1.165, 1.54) is 0 Å². The maximum absolute atomic E-state index is 12.9. The first-order chi connectivity index (χ1) is 16.9. The minimum Gasteiger partial charge on any atom is -0.491 e. The maximum Gasteiger partial charge on any atom is 0.227 e. The summed E-state index contributed by atoms with van der Waals surface area (Å²) in [5.41, 5.74) is 4.56. The quantitative estimate of drug-likeness (QED) is 0.384. The predicted octanol–water partition coefficient (Wildman–Crippen LogP) is 5.27. The molecule has 2 atom stereocenters. The molecule has 0 saturated carbocycles. The first kappa shape index (κ1) is 23.4. The van der Waals surface area contributed by atoms with Gasteiger partial charge in [-0.2, -0.15) is 0 Å². The number of hydrogen-bond acceptors (Lipinski definition) is 4. The summed E-state index contributed by atoms with van der Waals surface area (Å²) in [6.07, 6.45) is -0.376. The van der Waals surface area contributed by atoms with E-state index in [9.17, 15) is 9.90 Å². The average Bonchev–Trinajstić information content (AvgIpc) is 3.42. The number of imidazole rings is 1. The van der Waals surface area contributed by atoms with Crippen LogP contribution in [0.1, 0.15) is 29.3 Å². The van der Waals surface area contributed by atoms with Crippen molar-refractivity contribution in [1.82, 2.24) is 9.55 Å². The summed E-state index contributed by atoms with van der Waals surface area (Å²) in [5.74, 6) is 1.51. The first-order valence-corrected chi connectivity index (χ1v) is 12.2. The van der Waals surface area contributed by atoms with Crippen molar-refractivity contribution in [1.29, 1.82) is 0 Å². The second-order valence-corrected chi connectivity index (χ2v) is 9.52. The minimum absolute atomic E-state index is 0.0650. The first-order valence-electron chi connectivity index (χ1n) is 11.8. The van der Waals surface area contributed by atoms with Crippen molar-refractivity contribution >= 4 is 34.2 Å². The summed E-state index contributed by atoms with van der Waals surface area (Å²) < 4.78 is 7.93. The number of para-hydroxylation sites is 3. The van der Waals surface area contributed by atoms with Crippen molar-refractivity contribution in [2.45, 2.75) is 38.8 Å². The van der Waals surface area contributed by atoms with Crippen molar-refractivity contribution in [2.24, 2.45) is 0 Å². The molecule has 35 heavy (non-hydrogen) atoms. The highest BCUT2D eigenvalue weighted by Gasteiger charge is 2.35. The van der Waals surface area contributed by atoms with Crippen LogP contribution in [0.3, 0.4) is 0 Å². The van der Waals surface area contributed by atoms with E-state index in [1.54, 1.807) is 0 Å². The molecule has 1 aliphatic heterocycles. The van der Waals surface area contributed by atoms with E-state index >= 15 is 0 Å². The van der Waals surface area contributed by atoms with E-state index in [2.05, 4.69) is 0 Å². The van der Waals surface area contributed by atoms with E-state index in [1.807, 2.05) is 90.0 Å². The Morgan fingerprint density at radius 3 is 2.51 bits per heavy atom. The van der Waals surface area contributed by atoms with Gasteiger partial charge in [-0.3, -0.25) is 4.79 Å². The van der Waals surface area contributed by atoms with E-state index < -0.39 is 6.10 Å². The number of benzene rings is 3. The third-order valence-electron chi connectivity index (χ3n) is 6.49. The third-order valence-corrected chi connectivity index (χ3v) is 7.08. The topological polar surface area (TPSA) is 67.6 Å². The summed E-state index contributed by atoms with van der Waals surface area (Å²) in [6, 6.07) is 21.3. The average molecular weight is 490 g/mol. The van der Waals surface area contributed by atoms with Gasteiger partial charge < -0.3 is 19.3 Å². The van der Waals surface area contributed by atoms with Gasteiger partial charge in [0.15, 0.2) is 0 Å². The number of fused-ring (bicyclic) bond motifs is 1. The molecular weight excluding hydrogens is 462 g/mol. The molecule has 1 aromatic heterocycles. The predicted molar refractivity (Wildman–Crippen MR) is 138 cm³/mol.